The Morgan fingerprint density at radius 1 is 1.32 bits per heavy atom. The Morgan fingerprint density at radius 2 is 1.95 bits per heavy atom. The second-order valence-electron chi connectivity index (χ2n) is 4.62. The Balaban J connectivity index is 2.94. The topological polar surface area (TPSA) is 123 Å². The van der Waals surface area contributed by atoms with Crippen LogP contribution in [0.25, 0.3) is 0 Å². The van der Waals surface area contributed by atoms with Crippen LogP contribution in [-0.2, 0) is 4.79 Å². The number of nitrogen functional groups attached to an aromatic ring is 1. The van der Waals surface area contributed by atoms with Gasteiger partial charge in [0.25, 0.3) is 5.91 Å². The van der Waals surface area contributed by atoms with Crippen molar-refractivity contribution in [3.8, 4) is 0 Å². The van der Waals surface area contributed by atoms with E-state index < -0.39 is 11.9 Å². The number of nitrogens with zero attached hydrogens (tertiary/aromatic N) is 1. The first-order valence-electron chi connectivity index (χ1n) is 5.90. The molecule has 0 spiro atoms. The van der Waals surface area contributed by atoms with Gasteiger partial charge in [-0.2, -0.15) is 0 Å². The van der Waals surface area contributed by atoms with Crippen LogP contribution in [0.15, 0.2) is 12.1 Å². The van der Waals surface area contributed by atoms with Gasteiger partial charge in [-0.05, 0) is 25.0 Å². The number of aryl methyl sites for hydroxylation is 1. The molecule has 104 valence electrons. The Morgan fingerprint density at radius 3 is 2.42 bits per heavy atom. The maximum Gasteiger partial charge on any atom is 0.252 e. The molecule has 0 radical (unpaired) electrons. The van der Waals surface area contributed by atoms with Gasteiger partial charge in [-0.3, -0.25) is 9.59 Å². The summed E-state index contributed by atoms with van der Waals surface area (Å²) in [7, 11) is 0. The summed E-state index contributed by atoms with van der Waals surface area (Å²) < 4.78 is 0. The molecule has 1 aromatic rings. The Labute approximate surface area is 111 Å². The number of anilines is 1. The minimum Gasteiger partial charge on any atom is -0.368 e. The van der Waals surface area contributed by atoms with Gasteiger partial charge >= 0.3 is 0 Å². The number of primary amides is 1. The van der Waals surface area contributed by atoms with Crippen LogP contribution in [0.1, 0.15) is 29.9 Å². The molecule has 6 N–H and O–H groups in total. The number of hydrazine groups is 1. The van der Waals surface area contributed by atoms with Gasteiger partial charge in [-0.25, -0.2) is 10.8 Å². The van der Waals surface area contributed by atoms with Gasteiger partial charge < -0.3 is 16.5 Å². The lowest BCUT2D eigenvalue weighted by molar-refractivity contribution is -0.120. The third-order valence-corrected chi connectivity index (χ3v) is 2.62. The molecule has 1 aromatic heterocycles. The van der Waals surface area contributed by atoms with E-state index in [1.165, 1.54) is 6.07 Å². The number of rotatable bonds is 5. The highest BCUT2D eigenvalue weighted by molar-refractivity contribution is 5.98. The van der Waals surface area contributed by atoms with Crippen LogP contribution in [0.3, 0.4) is 0 Å². The van der Waals surface area contributed by atoms with Crippen molar-refractivity contribution in [2.45, 2.75) is 26.8 Å². The van der Waals surface area contributed by atoms with Crippen LogP contribution < -0.4 is 22.3 Å². The van der Waals surface area contributed by atoms with E-state index in [9.17, 15) is 9.59 Å². The minimum absolute atomic E-state index is 0.0866. The third-order valence-electron chi connectivity index (χ3n) is 2.62. The minimum atomic E-state index is -0.713. The van der Waals surface area contributed by atoms with Crippen LogP contribution in [0.5, 0.6) is 0 Å². The second kappa shape index (κ2) is 6.14. The smallest absolute Gasteiger partial charge is 0.252 e. The van der Waals surface area contributed by atoms with Crippen molar-refractivity contribution in [2.24, 2.45) is 17.5 Å². The van der Waals surface area contributed by atoms with Crippen molar-refractivity contribution in [3.63, 3.8) is 0 Å². The van der Waals surface area contributed by atoms with Gasteiger partial charge in [-0.15, -0.1) is 0 Å². The van der Waals surface area contributed by atoms with E-state index in [4.69, 9.17) is 11.6 Å². The lowest BCUT2D eigenvalue weighted by Gasteiger charge is -2.19. The van der Waals surface area contributed by atoms with Crippen LogP contribution in [0, 0.1) is 12.8 Å². The molecule has 19 heavy (non-hydrogen) atoms. The summed E-state index contributed by atoms with van der Waals surface area (Å²) in [4.78, 5) is 27.4. The molecular formula is C12H19N5O2. The van der Waals surface area contributed by atoms with E-state index in [-0.39, 0.29) is 11.8 Å². The molecule has 0 aromatic carbocycles. The third kappa shape index (κ3) is 3.92. The molecule has 1 rings (SSSR count). The van der Waals surface area contributed by atoms with Crippen molar-refractivity contribution in [3.05, 3.63) is 23.4 Å². The average Bonchev–Trinajstić information content (AvgIpc) is 2.33. The maximum absolute atomic E-state index is 12.1. The number of hydrogen-bond acceptors (Lipinski definition) is 5. The number of carbonyl (C=O) groups is 2. The average molecular weight is 265 g/mol. The first-order valence-corrected chi connectivity index (χ1v) is 5.90. The molecule has 1 unspecified atom stereocenters. The lowest BCUT2D eigenvalue weighted by atomic mass is 10.0. The highest BCUT2D eigenvalue weighted by Crippen LogP contribution is 2.10. The first-order chi connectivity index (χ1) is 8.85. The van der Waals surface area contributed by atoms with E-state index in [1.54, 1.807) is 26.8 Å². The van der Waals surface area contributed by atoms with Crippen molar-refractivity contribution in [1.82, 2.24) is 10.3 Å². The number of amides is 2. The molecule has 1 heterocycles. The fourth-order valence-corrected chi connectivity index (χ4v) is 1.66. The molecule has 0 saturated carbocycles. The predicted octanol–water partition coefficient (Wildman–Crippen LogP) is -0.0847. The van der Waals surface area contributed by atoms with E-state index in [0.29, 0.717) is 17.1 Å². The van der Waals surface area contributed by atoms with Crippen molar-refractivity contribution in [1.29, 1.82) is 0 Å². The van der Waals surface area contributed by atoms with Crippen LogP contribution in [0.4, 0.5) is 5.82 Å². The Hall–Kier alpha value is -2.15. The zero-order chi connectivity index (χ0) is 14.6. The molecule has 7 heteroatoms. The van der Waals surface area contributed by atoms with Crippen LogP contribution >= 0.6 is 0 Å². The summed E-state index contributed by atoms with van der Waals surface area (Å²) in [6.07, 6.45) is 0. The standard InChI is InChI=1S/C12H19N5O2/c1-6(2)10(11(13)18)16-12(19)8-4-7(3)15-9(5-8)17-14/h4-6,10H,14H2,1-3H3,(H2,13,18)(H,15,17)(H,16,19). The van der Waals surface area contributed by atoms with Crippen molar-refractivity contribution < 1.29 is 9.59 Å². The van der Waals surface area contributed by atoms with Gasteiger partial charge in [0.1, 0.15) is 11.9 Å². The molecule has 0 aliphatic carbocycles. The quantitative estimate of drug-likeness (QED) is 0.438. The van der Waals surface area contributed by atoms with E-state index in [0.717, 1.165) is 0 Å². The van der Waals surface area contributed by atoms with Gasteiger partial charge in [0.05, 0.1) is 0 Å². The molecule has 0 bridgehead atoms. The fraction of sp³-hybridized carbons (Fsp3) is 0.417. The largest absolute Gasteiger partial charge is 0.368 e. The van der Waals surface area contributed by atoms with Gasteiger partial charge in [-0.1, -0.05) is 13.8 Å². The zero-order valence-corrected chi connectivity index (χ0v) is 11.2. The summed E-state index contributed by atoms with van der Waals surface area (Å²) in [5, 5.41) is 2.60. The predicted molar refractivity (Wildman–Crippen MR) is 72.1 cm³/mol. The first kappa shape index (κ1) is 14.9. The molecule has 2 amide bonds. The van der Waals surface area contributed by atoms with Crippen molar-refractivity contribution in [2.75, 3.05) is 5.43 Å². The molecule has 7 nitrogen and oxygen atoms in total. The number of pyridine rings is 1. The summed E-state index contributed by atoms with van der Waals surface area (Å²) >= 11 is 0. The SMILES string of the molecule is Cc1cc(C(=O)NC(C(N)=O)C(C)C)cc(NN)n1. The lowest BCUT2D eigenvalue weighted by Crippen LogP contribution is -2.47. The molecule has 0 aliphatic heterocycles. The van der Waals surface area contributed by atoms with Gasteiger partial charge in [0, 0.05) is 11.3 Å². The van der Waals surface area contributed by atoms with E-state index in [1.807, 2.05) is 0 Å². The number of hydrogen-bond donors (Lipinski definition) is 4. The summed E-state index contributed by atoms with van der Waals surface area (Å²) in [6.45, 7) is 5.35. The molecule has 0 saturated heterocycles. The number of carbonyl (C=O) groups excluding carboxylic acids is 2. The Kier molecular flexibility index (Phi) is 4.82. The zero-order valence-electron chi connectivity index (χ0n) is 11.2. The fourth-order valence-electron chi connectivity index (χ4n) is 1.66. The maximum atomic E-state index is 12.1. The molecule has 1 atom stereocenters. The highest BCUT2D eigenvalue weighted by atomic mass is 16.2. The van der Waals surface area contributed by atoms with E-state index in [2.05, 4.69) is 15.7 Å². The number of nitrogens with two attached hydrogens (primary N) is 2. The number of aromatic nitrogens is 1. The van der Waals surface area contributed by atoms with Crippen LogP contribution in [0.2, 0.25) is 0 Å². The summed E-state index contributed by atoms with van der Waals surface area (Å²) in [5.74, 6) is 4.61. The summed E-state index contributed by atoms with van der Waals surface area (Å²) in [6, 6.07) is 2.39. The summed E-state index contributed by atoms with van der Waals surface area (Å²) in [5.41, 5.74) is 8.64. The van der Waals surface area contributed by atoms with Crippen LogP contribution in [-0.4, -0.2) is 22.8 Å². The van der Waals surface area contributed by atoms with Crippen molar-refractivity contribution >= 4 is 17.6 Å². The molecule has 0 fully saturated rings. The normalized spacial score (nSPS) is 12.1. The van der Waals surface area contributed by atoms with Gasteiger partial charge in [0.15, 0.2) is 0 Å². The molecule has 0 aliphatic rings. The van der Waals surface area contributed by atoms with E-state index >= 15 is 0 Å². The highest BCUT2D eigenvalue weighted by Gasteiger charge is 2.22. The molecular weight excluding hydrogens is 246 g/mol. The monoisotopic (exact) mass is 265 g/mol. The number of nitrogens with one attached hydrogen (secondary N) is 2. The van der Waals surface area contributed by atoms with Gasteiger partial charge in [0.2, 0.25) is 5.91 Å². The second-order valence-corrected chi connectivity index (χ2v) is 4.62. The Bertz CT molecular complexity index is 487.